The number of hydrogen-bond donors (Lipinski definition) is 0. The zero-order chi connectivity index (χ0) is 22.9. The van der Waals surface area contributed by atoms with Crippen molar-refractivity contribution >= 4 is 24.9 Å². The summed E-state index contributed by atoms with van der Waals surface area (Å²) in [5.41, 5.74) is 6.45. The second-order valence-corrected chi connectivity index (χ2v) is 14.5. The van der Waals surface area contributed by atoms with Crippen molar-refractivity contribution in [2.75, 3.05) is 38.0 Å². The number of nitrogens with zero attached hydrogens (tertiary/aromatic N) is 2. The summed E-state index contributed by atoms with van der Waals surface area (Å²) in [7, 11) is 8.00. The molecule has 30 heavy (non-hydrogen) atoms. The van der Waals surface area contributed by atoms with Crippen LogP contribution < -0.4 is 9.80 Å². The van der Waals surface area contributed by atoms with E-state index in [9.17, 15) is 0 Å². The molecule has 0 saturated heterocycles. The number of allylic oxidation sites excluding steroid dienone is 1. The zero-order valence-corrected chi connectivity index (χ0v) is 21.9. The maximum Gasteiger partial charge on any atom is 0.0361 e. The molecular weight excluding hydrogens is 383 g/mol. The molecule has 0 heterocycles. The molecule has 0 aliphatic heterocycles. The predicted octanol–water partition coefficient (Wildman–Crippen LogP) is 7.68. The van der Waals surface area contributed by atoms with Gasteiger partial charge in [-0.1, -0.05) is 73.7 Å². The van der Waals surface area contributed by atoms with Crippen molar-refractivity contribution in [3.63, 3.8) is 0 Å². The van der Waals surface area contributed by atoms with Gasteiger partial charge in [0.1, 0.15) is 0 Å². The molecule has 0 aliphatic rings. The van der Waals surface area contributed by atoms with Crippen molar-refractivity contribution in [1.29, 1.82) is 0 Å². The fraction of sp³-hybridized carbons (Fsp3) is 0.481. The molecule has 0 bridgehead atoms. The summed E-state index contributed by atoms with van der Waals surface area (Å²) >= 11 is 0. The average molecular weight is 425 g/mol. The van der Waals surface area contributed by atoms with Gasteiger partial charge in [0.05, 0.1) is 0 Å². The van der Waals surface area contributed by atoms with E-state index in [1.54, 1.807) is 0 Å². The van der Waals surface area contributed by atoms with Crippen LogP contribution in [0.5, 0.6) is 0 Å². The molecule has 2 aromatic carbocycles. The van der Waals surface area contributed by atoms with Crippen molar-refractivity contribution in [3.05, 3.63) is 65.0 Å². The highest BCUT2D eigenvalue weighted by molar-refractivity contribution is 7.65. The summed E-state index contributed by atoms with van der Waals surface area (Å²) in [6, 6.07) is 18.1. The van der Waals surface area contributed by atoms with E-state index in [4.69, 9.17) is 0 Å². The summed E-state index contributed by atoms with van der Waals surface area (Å²) in [5, 5.41) is 1.99. The lowest BCUT2D eigenvalue weighted by Crippen LogP contribution is -2.25. The fourth-order valence-corrected chi connectivity index (χ4v) is 9.07. The molecule has 164 valence electrons. The number of hydrogen-bond acceptors (Lipinski definition) is 2. The van der Waals surface area contributed by atoms with Gasteiger partial charge in [-0.3, -0.25) is 0 Å². The topological polar surface area (TPSA) is 6.48 Å². The largest absolute Gasteiger partial charge is 0.378 e. The first kappa shape index (κ1) is 24.5. The molecule has 0 spiro atoms. The van der Waals surface area contributed by atoms with Gasteiger partial charge in [0.2, 0.25) is 0 Å². The van der Waals surface area contributed by atoms with E-state index in [0.717, 1.165) is 0 Å². The van der Waals surface area contributed by atoms with Crippen molar-refractivity contribution in [1.82, 2.24) is 0 Å². The van der Waals surface area contributed by atoms with Crippen LogP contribution in [-0.4, -0.2) is 38.5 Å². The molecule has 0 saturated carbocycles. The lowest BCUT2D eigenvalue weighted by atomic mass is 9.97. The predicted molar refractivity (Wildman–Crippen MR) is 140 cm³/mol. The standard InChI is InChI=1S/C27H41N2P/c1-20(30(26(2,3)4)27(5,6)7)25(21-12-16-23(17-13-21)28(8)9)22-14-18-24(19-15-22)29(10)11/h12-19H,1-11H3. The first-order chi connectivity index (χ1) is 13.7. The van der Waals surface area contributed by atoms with Crippen LogP contribution in [0, 0.1) is 0 Å². The average Bonchev–Trinajstić information content (AvgIpc) is 2.60. The van der Waals surface area contributed by atoms with Gasteiger partial charge in [-0.15, -0.1) is 0 Å². The molecule has 0 radical (unpaired) electrons. The first-order valence-corrected chi connectivity index (χ1v) is 12.1. The Hall–Kier alpha value is -1.79. The van der Waals surface area contributed by atoms with Crippen molar-refractivity contribution < 1.29 is 0 Å². The quantitative estimate of drug-likeness (QED) is 0.454. The third kappa shape index (κ3) is 5.67. The molecular formula is C27H41N2P. The lowest BCUT2D eigenvalue weighted by molar-refractivity contribution is 0.711. The highest BCUT2D eigenvalue weighted by Gasteiger charge is 2.36. The van der Waals surface area contributed by atoms with E-state index in [1.807, 2.05) is 0 Å². The van der Waals surface area contributed by atoms with Gasteiger partial charge in [0.25, 0.3) is 0 Å². The molecule has 0 N–H and O–H groups in total. The van der Waals surface area contributed by atoms with Gasteiger partial charge < -0.3 is 9.80 Å². The Bertz CT molecular complexity index is 794. The molecule has 0 unspecified atom stereocenters. The minimum Gasteiger partial charge on any atom is -0.378 e. The molecule has 0 aromatic heterocycles. The second-order valence-electron chi connectivity index (χ2n) is 10.5. The maximum atomic E-state index is 2.40. The van der Waals surface area contributed by atoms with Crippen LogP contribution in [0.15, 0.2) is 53.8 Å². The van der Waals surface area contributed by atoms with Gasteiger partial charge in [-0.25, -0.2) is 0 Å². The van der Waals surface area contributed by atoms with E-state index >= 15 is 0 Å². The summed E-state index contributed by atoms with van der Waals surface area (Å²) in [5.74, 6) is 0. The Morgan fingerprint density at radius 3 is 1.13 bits per heavy atom. The Labute approximate surface area is 186 Å². The molecule has 2 nitrogen and oxygen atoms in total. The zero-order valence-electron chi connectivity index (χ0n) is 21.0. The Morgan fingerprint density at radius 1 is 0.600 bits per heavy atom. The van der Waals surface area contributed by atoms with E-state index in [1.165, 1.54) is 33.4 Å². The third-order valence-electron chi connectivity index (χ3n) is 5.38. The van der Waals surface area contributed by atoms with Crippen molar-refractivity contribution in [2.45, 2.75) is 58.8 Å². The van der Waals surface area contributed by atoms with Crippen molar-refractivity contribution in [3.8, 4) is 0 Å². The normalized spacial score (nSPS) is 12.1. The van der Waals surface area contributed by atoms with E-state index in [0.29, 0.717) is 0 Å². The van der Waals surface area contributed by atoms with Crippen LogP contribution in [0.1, 0.15) is 59.6 Å². The van der Waals surface area contributed by atoms with E-state index < -0.39 is 0 Å². The van der Waals surface area contributed by atoms with Crippen LogP contribution in [0.2, 0.25) is 0 Å². The van der Waals surface area contributed by atoms with Gasteiger partial charge in [0.15, 0.2) is 0 Å². The minimum atomic E-state index is -0.372. The fourth-order valence-electron chi connectivity index (χ4n) is 4.56. The third-order valence-corrected chi connectivity index (χ3v) is 8.96. The van der Waals surface area contributed by atoms with Crippen LogP contribution >= 0.6 is 7.92 Å². The molecule has 0 amide bonds. The number of anilines is 2. The number of rotatable bonds is 5. The Balaban J connectivity index is 2.75. The minimum absolute atomic E-state index is 0.232. The highest BCUT2D eigenvalue weighted by atomic mass is 31.1. The molecule has 3 heteroatoms. The van der Waals surface area contributed by atoms with E-state index in [-0.39, 0.29) is 18.2 Å². The van der Waals surface area contributed by atoms with Crippen LogP contribution in [-0.2, 0) is 0 Å². The van der Waals surface area contributed by atoms with Gasteiger partial charge >= 0.3 is 0 Å². The van der Waals surface area contributed by atoms with Gasteiger partial charge in [0, 0.05) is 39.6 Å². The smallest absolute Gasteiger partial charge is 0.0361 e. The summed E-state index contributed by atoms with van der Waals surface area (Å²) < 4.78 is 0. The van der Waals surface area contributed by atoms with E-state index in [2.05, 4.69) is 135 Å². The van der Waals surface area contributed by atoms with Gasteiger partial charge in [-0.2, -0.15) is 0 Å². The maximum absolute atomic E-state index is 2.40. The second kappa shape index (κ2) is 9.15. The Morgan fingerprint density at radius 2 is 0.900 bits per heavy atom. The highest BCUT2D eigenvalue weighted by Crippen LogP contribution is 2.66. The SMILES string of the molecule is CC(=C(c1ccc(N(C)C)cc1)c1ccc(N(C)C)cc1)P(C(C)(C)C)C(C)(C)C. The Kier molecular flexibility index (Phi) is 7.46. The van der Waals surface area contributed by atoms with Crippen LogP contribution in [0.25, 0.3) is 5.57 Å². The molecule has 2 aromatic rings. The molecule has 0 aliphatic carbocycles. The first-order valence-electron chi connectivity index (χ1n) is 10.8. The van der Waals surface area contributed by atoms with Gasteiger partial charge in [-0.05, 0) is 63.5 Å². The van der Waals surface area contributed by atoms with Crippen LogP contribution in [0.4, 0.5) is 11.4 Å². The summed E-state index contributed by atoms with van der Waals surface area (Å²) in [6.45, 7) is 16.8. The van der Waals surface area contributed by atoms with Crippen molar-refractivity contribution in [2.24, 2.45) is 0 Å². The summed E-state index contributed by atoms with van der Waals surface area (Å²) in [6.07, 6.45) is 0. The molecule has 2 rings (SSSR count). The van der Waals surface area contributed by atoms with Crippen LogP contribution in [0.3, 0.4) is 0 Å². The molecule has 0 fully saturated rings. The summed E-state index contributed by atoms with van der Waals surface area (Å²) in [4.78, 5) is 4.31. The lowest BCUT2D eigenvalue weighted by Gasteiger charge is -2.43. The molecule has 0 atom stereocenters. The number of benzene rings is 2. The monoisotopic (exact) mass is 424 g/mol.